The van der Waals surface area contributed by atoms with Gasteiger partial charge in [-0.15, -0.1) is 0 Å². The summed E-state index contributed by atoms with van der Waals surface area (Å²) in [7, 11) is 0. The Bertz CT molecular complexity index is 684. The van der Waals surface area contributed by atoms with Crippen molar-refractivity contribution in [2.75, 3.05) is 5.32 Å². The predicted molar refractivity (Wildman–Crippen MR) is 77.6 cm³/mol. The molecule has 110 valence electrons. The van der Waals surface area contributed by atoms with Crippen molar-refractivity contribution in [3.05, 3.63) is 46.2 Å². The van der Waals surface area contributed by atoms with Gasteiger partial charge in [0.1, 0.15) is 0 Å². The Balaban J connectivity index is 2.04. The number of carboxylic acids is 1. The van der Waals surface area contributed by atoms with Gasteiger partial charge in [0.05, 0.1) is 17.4 Å². The molecule has 0 aliphatic heterocycles. The monoisotopic (exact) mass is 308 g/mol. The zero-order chi connectivity index (χ0) is 15.4. The molecule has 1 aromatic heterocycles. The van der Waals surface area contributed by atoms with Gasteiger partial charge in [-0.05, 0) is 25.1 Å². The molecule has 0 aliphatic carbocycles. The van der Waals surface area contributed by atoms with Crippen LogP contribution in [0.3, 0.4) is 0 Å². The van der Waals surface area contributed by atoms with Crippen molar-refractivity contribution in [1.29, 1.82) is 0 Å². The number of aromatic carboxylic acids is 1. The summed E-state index contributed by atoms with van der Waals surface area (Å²) in [6.45, 7) is 2.11. The number of aromatic nitrogens is 2. The number of H-pyrrole nitrogens is 1. The molecule has 1 aromatic carbocycles. The van der Waals surface area contributed by atoms with Crippen LogP contribution in [-0.2, 0) is 6.54 Å². The maximum absolute atomic E-state index is 11.8. The van der Waals surface area contributed by atoms with Gasteiger partial charge in [-0.3, -0.25) is 5.10 Å². The minimum absolute atomic E-state index is 0.0333. The van der Waals surface area contributed by atoms with Gasteiger partial charge in [-0.25, -0.2) is 9.59 Å². The van der Waals surface area contributed by atoms with Crippen LogP contribution < -0.4 is 10.6 Å². The Kier molecular flexibility index (Phi) is 4.44. The lowest BCUT2D eigenvalue weighted by molar-refractivity contribution is 0.0698. The molecular weight excluding hydrogens is 296 g/mol. The highest BCUT2D eigenvalue weighted by molar-refractivity contribution is 6.31. The van der Waals surface area contributed by atoms with Crippen LogP contribution in [-0.4, -0.2) is 27.3 Å². The smallest absolute Gasteiger partial charge is 0.337 e. The highest BCUT2D eigenvalue weighted by Crippen LogP contribution is 2.21. The van der Waals surface area contributed by atoms with Gasteiger partial charge >= 0.3 is 12.0 Å². The maximum atomic E-state index is 11.8. The van der Waals surface area contributed by atoms with E-state index in [-0.39, 0.29) is 17.8 Å². The van der Waals surface area contributed by atoms with E-state index in [1.165, 1.54) is 18.2 Å². The van der Waals surface area contributed by atoms with E-state index in [2.05, 4.69) is 20.8 Å². The average molecular weight is 309 g/mol. The minimum Gasteiger partial charge on any atom is -0.478 e. The lowest BCUT2D eigenvalue weighted by Gasteiger charge is -2.10. The molecule has 0 atom stereocenters. The Morgan fingerprint density at radius 3 is 2.81 bits per heavy atom. The van der Waals surface area contributed by atoms with Crippen LogP contribution in [0.5, 0.6) is 0 Å². The number of rotatable bonds is 4. The topological polar surface area (TPSA) is 107 Å². The van der Waals surface area contributed by atoms with Crippen molar-refractivity contribution < 1.29 is 14.7 Å². The van der Waals surface area contributed by atoms with Gasteiger partial charge < -0.3 is 15.7 Å². The molecule has 0 saturated carbocycles. The lowest BCUT2D eigenvalue weighted by Crippen LogP contribution is -2.29. The zero-order valence-corrected chi connectivity index (χ0v) is 11.9. The number of aromatic amines is 1. The molecule has 2 rings (SSSR count). The fourth-order valence-corrected chi connectivity index (χ4v) is 1.87. The number of hydrogen-bond acceptors (Lipinski definition) is 3. The third-order valence-corrected chi connectivity index (χ3v) is 3.07. The van der Waals surface area contributed by atoms with Crippen LogP contribution in [0.15, 0.2) is 24.4 Å². The normalized spacial score (nSPS) is 10.2. The van der Waals surface area contributed by atoms with Gasteiger partial charge in [0, 0.05) is 22.8 Å². The molecule has 0 unspecified atom stereocenters. The third kappa shape index (κ3) is 3.73. The number of carbonyl (C=O) groups is 2. The van der Waals surface area contributed by atoms with Gasteiger partial charge in [-0.1, -0.05) is 11.6 Å². The molecule has 0 fully saturated rings. The second kappa shape index (κ2) is 6.27. The SMILES string of the molecule is Cc1[nH]ncc1CNC(=O)Nc1cc(Cl)ccc1C(=O)O. The van der Waals surface area contributed by atoms with E-state index in [1.54, 1.807) is 6.20 Å². The first-order valence-electron chi connectivity index (χ1n) is 6.04. The molecule has 4 N–H and O–H groups in total. The highest BCUT2D eigenvalue weighted by atomic mass is 35.5. The van der Waals surface area contributed by atoms with Crippen LogP contribution in [0, 0.1) is 6.92 Å². The van der Waals surface area contributed by atoms with Crippen molar-refractivity contribution in [3.8, 4) is 0 Å². The number of urea groups is 1. The summed E-state index contributed by atoms with van der Waals surface area (Å²) >= 11 is 5.81. The summed E-state index contributed by atoms with van der Waals surface area (Å²) in [6.07, 6.45) is 1.61. The number of carboxylic acid groups (broad SMARTS) is 1. The summed E-state index contributed by atoms with van der Waals surface area (Å²) in [5.41, 5.74) is 1.80. The quantitative estimate of drug-likeness (QED) is 0.695. The van der Waals surface area contributed by atoms with Gasteiger partial charge in [0.25, 0.3) is 0 Å². The molecule has 2 amide bonds. The molecule has 0 radical (unpaired) electrons. The fourth-order valence-electron chi connectivity index (χ4n) is 1.70. The Hall–Kier alpha value is -2.54. The van der Waals surface area contributed by atoms with Gasteiger partial charge in [0.15, 0.2) is 0 Å². The van der Waals surface area contributed by atoms with Crippen LogP contribution in [0.25, 0.3) is 0 Å². The fraction of sp³-hybridized carbons (Fsp3) is 0.154. The second-order valence-electron chi connectivity index (χ2n) is 4.32. The average Bonchev–Trinajstić information content (AvgIpc) is 2.81. The number of nitrogens with zero attached hydrogens (tertiary/aromatic N) is 1. The number of aryl methyl sites for hydroxylation is 1. The largest absolute Gasteiger partial charge is 0.478 e. The van der Waals surface area contributed by atoms with E-state index in [9.17, 15) is 9.59 Å². The molecule has 1 heterocycles. The van der Waals surface area contributed by atoms with E-state index in [4.69, 9.17) is 16.7 Å². The number of halogens is 1. The van der Waals surface area contributed by atoms with Crippen molar-refractivity contribution in [2.24, 2.45) is 0 Å². The number of benzene rings is 1. The van der Waals surface area contributed by atoms with Crippen LogP contribution in [0.1, 0.15) is 21.6 Å². The number of nitrogens with one attached hydrogen (secondary N) is 3. The summed E-state index contributed by atoms with van der Waals surface area (Å²) < 4.78 is 0. The first-order valence-corrected chi connectivity index (χ1v) is 6.41. The Labute approximate surface area is 125 Å². The summed E-state index contributed by atoms with van der Waals surface area (Å²) in [6, 6.07) is 3.64. The van der Waals surface area contributed by atoms with Gasteiger partial charge in [-0.2, -0.15) is 5.10 Å². The summed E-state index contributed by atoms with van der Waals surface area (Å²) in [5.74, 6) is -1.15. The molecule has 7 nitrogen and oxygen atoms in total. The molecule has 21 heavy (non-hydrogen) atoms. The Morgan fingerprint density at radius 2 is 2.19 bits per heavy atom. The maximum Gasteiger partial charge on any atom is 0.337 e. The molecule has 0 aliphatic rings. The first-order chi connectivity index (χ1) is 9.97. The number of hydrogen-bond donors (Lipinski definition) is 4. The van der Waals surface area contributed by atoms with E-state index < -0.39 is 12.0 Å². The van der Waals surface area contributed by atoms with Crippen molar-refractivity contribution in [3.63, 3.8) is 0 Å². The number of amides is 2. The van der Waals surface area contributed by atoms with Crippen molar-refractivity contribution >= 4 is 29.3 Å². The zero-order valence-electron chi connectivity index (χ0n) is 11.1. The van der Waals surface area contributed by atoms with Crippen LogP contribution in [0.2, 0.25) is 5.02 Å². The van der Waals surface area contributed by atoms with E-state index in [0.717, 1.165) is 11.3 Å². The van der Waals surface area contributed by atoms with E-state index in [0.29, 0.717) is 5.02 Å². The summed E-state index contributed by atoms with van der Waals surface area (Å²) in [5, 5.41) is 21.1. The van der Waals surface area contributed by atoms with Crippen molar-refractivity contribution in [2.45, 2.75) is 13.5 Å². The third-order valence-electron chi connectivity index (χ3n) is 2.83. The molecule has 0 bridgehead atoms. The van der Waals surface area contributed by atoms with E-state index >= 15 is 0 Å². The lowest BCUT2D eigenvalue weighted by atomic mass is 10.2. The minimum atomic E-state index is -1.15. The van der Waals surface area contributed by atoms with Crippen LogP contribution >= 0.6 is 11.6 Å². The molecule has 2 aromatic rings. The first kappa shape index (κ1) is 14.9. The molecule has 0 saturated heterocycles. The molecule has 8 heteroatoms. The number of anilines is 1. The Morgan fingerprint density at radius 1 is 1.43 bits per heavy atom. The van der Waals surface area contributed by atoms with Crippen molar-refractivity contribution in [1.82, 2.24) is 15.5 Å². The highest BCUT2D eigenvalue weighted by Gasteiger charge is 2.13. The van der Waals surface area contributed by atoms with E-state index in [1.807, 2.05) is 6.92 Å². The molecular formula is C13H13ClN4O3. The standard InChI is InChI=1S/C13H13ClN4O3/c1-7-8(6-16-18-7)5-15-13(21)17-11-4-9(14)2-3-10(11)12(19)20/h2-4,6H,5H2,1H3,(H,16,18)(H,19,20)(H2,15,17,21). The number of carbonyl (C=O) groups excluding carboxylic acids is 1. The van der Waals surface area contributed by atoms with Gasteiger partial charge in [0.2, 0.25) is 0 Å². The summed E-state index contributed by atoms with van der Waals surface area (Å²) in [4.78, 5) is 22.9. The predicted octanol–water partition coefficient (Wildman–Crippen LogP) is 2.39. The second-order valence-corrected chi connectivity index (χ2v) is 4.76. The molecule has 0 spiro atoms. The van der Waals surface area contributed by atoms with Crippen LogP contribution in [0.4, 0.5) is 10.5 Å².